The molecule has 0 radical (unpaired) electrons. The Morgan fingerprint density at radius 1 is 1.15 bits per heavy atom. The molecule has 3 amide bonds. The van der Waals surface area contributed by atoms with Crippen LogP contribution in [0.1, 0.15) is 43.2 Å². The molecule has 1 aromatic rings. The van der Waals surface area contributed by atoms with Gasteiger partial charge in [-0.05, 0) is 37.0 Å². The topological polar surface area (TPSA) is 61.4 Å². The number of alkyl halides is 3. The first kappa shape index (κ1) is 20.1. The van der Waals surface area contributed by atoms with Crippen LogP contribution >= 0.6 is 0 Å². The minimum absolute atomic E-state index is 0.0143. The maximum Gasteiger partial charge on any atom is 0.416 e. The summed E-state index contributed by atoms with van der Waals surface area (Å²) < 4.78 is 38.0. The minimum atomic E-state index is -4.40. The van der Waals surface area contributed by atoms with Gasteiger partial charge < -0.3 is 15.5 Å². The summed E-state index contributed by atoms with van der Waals surface area (Å²) in [5.41, 5.74) is -0.357. The molecule has 0 aliphatic carbocycles. The van der Waals surface area contributed by atoms with E-state index in [1.165, 1.54) is 12.1 Å². The van der Waals surface area contributed by atoms with Gasteiger partial charge in [-0.3, -0.25) is 4.79 Å². The van der Waals surface area contributed by atoms with Crippen molar-refractivity contribution in [3.8, 4) is 0 Å². The lowest BCUT2D eigenvalue weighted by molar-refractivity contribution is -0.137. The third-order valence-corrected chi connectivity index (χ3v) is 4.27. The summed E-state index contributed by atoms with van der Waals surface area (Å²) >= 11 is 0. The molecule has 2 N–H and O–H groups in total. The van der Waals surface area contributed by atoms with Crippen LogP contribution in [0, 0.1) is 0 Å². The van der Waals surface area contributed by atoms with Gasteiger partial charge in [0.2, 0.25) is 5.91 Å². The lowest BCUT2D eigenvalue weighted by Crippen LogP contribution is -2.38. The number of likely N-dealkylation sites (tertiary alicyclic amines) is 1. The van der Waals surface area contributed by atoms with Gasteiger partial charge >= 0.3 is 12.2 Å². The molecular weight excluding hydrogens is 347 g/mol. The summed E-state index contributed by atoms with van der Waals surface area (Å²) in [6, 6.07) is 4.42. The number of carbonyl (C=O) groups excluding carboxylic acids is 2. The van der Waals surface area contributed by atoms with Gasteiger partial charge in [0.1, 0.15) is 0 Å². The molecule has 1 fully saturated rings. The van der Waals surface area contributed by atoms with Gasteiger partial charge in [0.25, 0.3) is 0 Å². The van der Waals surface area contributed by atoms with E-state index in [1.54, 1.807) is 0 Å². The molecule has 1 heterocycles. The molecule has 1 saturated heterocycles. The SMILES string of the molecule is O=C(NCCCN1CCCCCC1=O)NCc1cccc(C(F)(F)F)c1. The quantitative estimate of drug-likeness (QED) is 0.754. The van der Waals surface area contributed by atoms with Gasteiger partial charge in [-0.2, -0.15) is 13.2 Å². The molecule has 144 valence electrons. The van der Waals surface area contributed by atoms with Crippen LogP contribution in [0.25, 0.3) is 0 Å². The number of rotatable bonds is 6. The van der Waals surface area contributed by atoms with E-state index in [1.807, 2.05) is 4.90 Å². The van der Waals surface area contributed by atoms with Gasteiger partial charge in [0, 0.05) is 32.6 Å². The van der Waals surface area contributed by atoms with E-state index in [4.69, 9.17) is 0 Å². The van der Waals surface area contributed by atoms with Crippen molar-refractivity contribution in [3.05, 3.63) is 35.4 Å². The molecule has 1 aliphatic heterocycles. The first-order chi connectivity index (χ1) is 12.4. The van der Waals surface area contributed by atoms with Gasteiger partial charge in [-0.25, -0.2) is 4.79 Å². The van der Waals surface area contributed by atoms with Crippen LogP contribution in [0.5, 0.6) is 0 Å². The summed E-state index contributed by atoms with van der Waals surface area (Å²) in [7, 11) is 0. The summed E-state index contributed by atoms with van der Waals surface area (Å²) in [4.78, 5) is 25.4. The highest BCUT2D eigenvalue weighted by Gasteiger charge is 2.30. The molecule has 0 saturated carbocycles. The minimum Gasteiger partial charge on any atom is -0.343 e. The van der Waals surface area contributed by atoms with Crippen LogP contribution in [0.15, 0.2) is 24.3 Å². The number of urea groups is 1. The normalized spacial score (nSPS) is 15.5. The second-order valence-electron chi connectivity index (χ2n) is 6.35. The van der Waals surface area contributed by atoms with Crippen molar-refractivity contribution in [2.75, 3.05) is 19.6 Å². The van der Waals surface area contributed by atoms with E-state index in [0.717, 1.165) is 37.9 Å². The van der Waals surface area contributed by atoms with Crippen molar-refractivity contribution in [2.45, 2.75) is 44.8 Å². The van der Waals surface area contributed by atoms with Gasteiger partial charge in [-0.15, -0.1) is 0 Å². The molecule has 0 aromatic heterocycles. The molecule has 1 aromatic carbocycles. The number of hydrogen-bond acceptors (Lipinski definition) is 2. The third kappa shape index (κ3) is 6.57. The summed E-state index contributed by atoms with van der Waals surface area (Å²) in [5.74, 6) is 0.163. The first-order valence-electron chi connectivity index (χ1n) is 8.82. The lowest BCUT2D eigenvalue weighted by Gasteiger charge is -2.20. The van der Waals surface area contributed by atoms with Gasteiger partial charge in [-0.1, -0.05) is 18.6 Å². The van der Waals surface area contributed by atoms with Crippen molar-refractivity contribution >= 4 is 11.9 Å². The Hall–Kier alpha value is -2.25. The third-order valence-electron chi connectivity index (χ3n) is 4.27. The largest absolute Gasteiger partial charge is 0.416 e. The summed E-state index contributed by atoms with van der Waals surface area (Å²) in [6.45, 7) is 1.78. The molecule has 1 aliphatic rings. The van der Waals surface area contributed by atoms with Crippen molar-refractivity contribution in [2.24, 2.45) is 0 Å². The fourth-order valence-electron chi connectivity index (χ4n) is 2.85. The first-order valence-corrected chi connectivity index (χ1v) is 8.82. The second-order valence-corrected chi connectivity index (χ2v) is 6.35. The zero-order chi connectivity index (χ0) is 19.0. The molecular formula is C18H24F3N3O2. The van der Waals surface area contributed by atoms with Crippen molar-refractivity contribution < 1.29 is 22.8 Å². The number of carbonyl (C=O) groups is 2. The van der Waals surface area contributed by atoms with E-state index in [2.05, 4.69) is 10.6 Å². The Kier molecular flexibility index (Phi) is 7.29. The smallest absolute Gasteiger partial charge is 0.343 e. The van der Waals surface area contributed by atoms with Crippen molar-refractivity contribution in [1.82, 2.24) is 15.5 Å². The predicted octanol–water partition coefficient (Wildman–Crippen LogP) is 3.30. The molecule has 2 rings (SSSR count). The number of hydrogen-bond donors (Lipinski definition) is 2. The number of benzene rings is 1. The van der Waals surface area contributed by atoms with Crippen LogP contribution in [0.3, 0.4) is 0 Å². The Labute approximate surface area is 150 Å². The van der Waals surface area contributed by atoms with E-state index in [0.29, 0.717) is 31.5 Å². The molecule has 8 heteroatoms. The van der Waals surface area contributed by atoms with Gasteiger partial charge in [0.15, 0.2) is 0 Å². The average Bonchev–Trinajstić information content (AvgIpc) is 2.81. The maximum atomic E-state index is 12.7. The molecule has 0 unspecified atom stereocenters. The number of nitrogens with zero attached hydrogens (tertiary/aromatic N) is 1. The van der Waals surface area contributed by atoms with E-state index in [9.17, 15) is 22.8 Å². The highest BCUT2D eigenvalue weighted by molar-refractivity contribution is 5.76. The van der Waals surface area contributed by atoms with Crippen LogP contribution in [0.4, 0.5) is 18.0 Å². The Morgan fingerprint density at radius 3 is 2.73 bits per heavy atom. The Bertz CT molecular complexity index is 620. The van der Waals surface area contributed by atoms with Crippen molar-refractivity contribution in [3.63, 3.8) is 0 Å². The van der Waals surface area contributed by atoms with E-state index < -0.39 is 17.8 Å². The second kappa shape index (κ2) is 9.45. The highest BCUT2D eigenvalue weighted by Crippen LogP contribution is 2.29. The Balaban J connectivity index is 1.67. The zero-order valence-electron chi connectivity index (χ0n) is 14.6. The molecule has 5 nitrogen and oxygen atoms in total. The van der Waals surface area contributed by atoms with Crippen LogP contribution in [-0.4, -0.2) is 36.5 Å². The van der Waals surface area contributed by atoms with Crippen molar-refractivity contribution in [1.29, 1.82) is 0 Å². The molecule has 0 atom stereocenters. The van der Waals surface area contributed by atoms with E-state index >= 15 is 0 Å². The molecule has 26 heavy (non-hydrogen) atoms. The maximum absolute atomic E-state index is 12.7. The fraction of sp³-hybridized carbons (Fsp3) is 0.556. The number of halogens is 3. The standard InChI is InChI=1S/C18H24F3N3O2/c19-18(20,21)15-7-4-6-14(12-15)13-23-17(26)22-9-5-11-24-10-3-1-2-8-16(24)25/h4,6-7,12H,1-3,5,8-11,13H2,(H2,22,23,26). The van der Waals surface area contributed by atoms with Gasteiger partial charge in [0.05, 0.1) is 5.56 Å². The summed E-state index contributed by atoms with van der Waals surface area (Å²) in [5, 5.41) is 5.19. The predicted molar refractivity (Wildman–Crippen MR) is 91.3 cm³/mol. The highest BCUT2D eigenvalue weighted by atomic mass is 19.4. The van der Waals surface area contributed by atoms with E-state index in [-0.39, 0.29) is 12.5 Å². The summed E-state index contributed by atoms with van der Waals surface area (Å²) in [6.07, 6.45) is -0.155. The molecule has 0 spiro atoms. The average molecular weight is 371 g/mol. The Morgan fingerprint density at radius 2 is 1.96 bits per heavy atom. The number of amides is 3. The lowest BCUT2D eigenvalue weighted by atomic mass is 10.1. The fourth-order valence-corrected chi connectivity index (χ4v) is 2.85. The van der Waals surface area contributed by atoms with Crippen LogP contribution in [-0.2, 0) is 17.5 Å². The van der Waals surface area contributed by atoms with Crippen LogP contribution in [0.2, 0.25) is 0 Å². The number of nitrogens with one attached hydrogen (secondary N) is 2. The zero-order valence-corrected chi connectivity index (χ0v) is 14.6. The molecule has 0 bridgehead atoms. The van der Waals surface area contributed by atoms with Crippen LogP contribution < -0.4 is 10.6 Å². The monoisotopic (exact) mass is 371 g/mol.